The van der Waals surface area contributed by atoms with Crippen LogP contribution in [0.15, 0.2) is 21.1 Å². The number of hydrogen-bond acceptors (Lipinski definition) is 5. The first-order chi connectivity index (χ1) is 11.7. The van der Waals surface area contributed by atoms with Crippen molar-refractivity contribution in [1.82, 2.24) is 15.5 Å². The molecular formula is C19H27N3O2. The molecule has 1 N–H and O–H groups in total. The number of furan rings is 1. The van der Waals surface area contributed by atoms with Crippen molar-refractivity contribution in [3.63, 3.8) is 0 Å². The average molecular weight is 329 g/mol. The first-order valence-electron chi connectivity index (χ1n) is 9.36. The predicted molar refractivity (Wildman–Crippen MR) is 90.6 cm³/mol. The van der Waals surface area contributed by atoms with Gasteiger partial charge >= 0.3 is 0 Å². The van der Waals surface area contributed by atoms with E-state index in [-0.39, 0.29) is 6.04 Å². The van der Waals surface area contributed by atoms with Gasteiger partial charge in [-0.25, -0.2) is 0 Å². The second-order valence-corrected chi connectivity index (χ2v) is 7.55. The summed E-state index contributed by atoms with van der Waals surface area (Å²) in [6.07, 6.45) is 7.53. The Bertz CT molecular complexity index is 672. The number of nitrogens with zero attached hydrogens (tertiary/aromatic N) is 2. The van der Waals surface area contributed by atoms with Crippen LogP contribution in [0.5, 0.6) is 0 Å². The van der Waals surface area contributed by atoms with Gasteiger partial charge in [-0.3, -0.25) is 5.32 Å². The van der Waals surface area contributed by atoms with E-state index in [1.54, 1.807) is 0 Å². The van der Waals surface area contributed by atoms with Gasteiger partial charge in [-0.15, -0.1) is 0 Å². The quantitative estimate of drug-likeness (QED) is 0.833. The summed E-state index contributed by atoms with van der Waals surface area (Å²) in [6, 6.07) is 4.22. The SMILES string of the molecule is CC(NCc1ccc(C2CC2C)o1)c1nc(C2CCCCC2)no1. The van der Waals surface area contributed by atoms with Gasteiger partial charge in [0.15, 0.2) is 5.82 Å². The highest BCUT2D eigenvalue weighted by Crippen LogP contribution is 2.47. The Labute approximate surface area is 143 Å². The van der Waals surface area contributed by atoms with Crippen LogP contribution >= 0.6 is 0 Å². The average Bonchev–Trinajstić information content (AvgIpc) is 3.05. The highest BCUT2D eigenvalue weighted by molar-refractivity contribution is 5.17. The van der Waals surface area contributed by atoms with Crippen LogP contribution in [0, 0.1) is 5.92 Å². The number of nitrogens with one attached hydrogen (secondary N) is 1. The van der Waals surface area contributed by atoms with Crippen LogP contribution in [0.25, 0.3) is 0 Å². The molecule has 24 heavy (non-hydrogen) atoms. The molecule has 3 atom stereocenters. The minimum Gasteiger partial charge on any atom is -0.464 e. The molecule has 2 fully saturated rings. The fourth-order valence-electron chi connectivity index (χ4n) is 3.70. The molecule has 2 aliphatic rings. The molecule has 0 amide bonds. The number of aromatic nitrogens is 2. The number of rotatable bonds is 6. The molecule has 2 saturated carbocycles. The van der Waals surface area contributed by atoms with E-state index in [4.69, 9.17) is 8.94 Å². The van der Waals surface area contributed by atoms with Crippen LogP contribution in [0.3, 0.4) is 0 Å². The van der Waals surface area contributed by atoms with Crippen molar-refractivity contribution in [2.45, 2.75) is 76.8 Å². The van der Waals surface area contributed by atoms with Crippen molar-refractivity contribution in [3.05, 3.63) is 35.4 Å². The van der Waals surface area contributed by atoms with E-state index in [2.05, 4.69) is 41.4 Å². The Morgan fingerprint density at radius 2 is 2.04 bits per heavy atom. The van der Waals surface area contributed by atoms with Gasteiger partial charge in [0.2, 0.25) is 5.89 Å². The Kier molecular flexibility index (Phi) is 4.44. The van der Waals surface area contributed by atoms with Gasteiger partial charge in [-0.2, -0.15) is 4.98 Å². The van der Waals surface area contributed by atoms with Crippen LogP contribution in [0.2, 0.25) is 0 Å². The minimum absolute atomic E-state index is 0.0308. The van der Waals surface area contributed by atoms with Gasteiger partial charge in [0, 0.05) is 11.8 Å². The second kappa shape index (κ2) is 6.71. The lowest BCUT2D eigenvalue weighted by Crippen LogP contribution is -2.18. The third-order valence-corrected chi connectivity index (χ3v) is 5.54. The largest absolute Gasteiger partial charge is 0.464 e. The Morgan fingerprint density at radius 1 is 1.25 bits per heavy atom. The number of hydrogen-bond donors (Lipinski definition) is 1. The van der Waals surface area contributed by atoms with Gasteiger partial charge in [-0.1, -0.05) is 31.3 Å². The zero-order chi connectivity index (χ0) is 16.5. The Balaban J connectivity index is 1.32. The lowest BCUT2D eigenvalue weighted by atomic mass is 9.89. The van der Waals surface area contributed by atoms with Crippen LogP contribution < -0.4 is 5.32 Å². The van der Waals surface area contributed by atoms with Crippen molar-refractivity contribution in [3.8, 4) is 0 Å². The third-order valence-electron chi connectivity index (χ3n) is 5.54. The van der Waals surface area contributed by atoms with E-state index in [0.29, 0.717) is 24.3 Å². The molecule has 0 saturated heterocycles. The van der Waals surface area contributed by atoms with Crippen molar-refractivity contribution < 1.29 is 8.94 Å². The minimum atomic E-state index is 0.0308. The zero-order valence-corrected chi connectivity index (χ0v) is 14.6. The summed E-state index contributed by atoms with van der Waals surface area (Å²) < 4.78 is 11.4. The highest BCUT2D eigenvalue weighted by atomic mass is 16.5. The van der Waals surface area contributed by atoms with Crippen LogP contribution in [-0.2, 0) is 6.54 Å². The molecule has 130 valence electrons. The first-order valence-corrected chi connectivity index (χ1v) is 9.36. The monoisotopic (exact) mass is 329 g/mol. The Hall–Kier alpha value is -1.62. The van der Waals surface area contributed by atoms with Crippen LogP contribution in [-0.4, -0.2) is 10.1 Å². The Morgan fingerprint density at radius 3 is 2.79 bits per heavy atom. The topological polar surface area (TPSA) is 64.1 Å². The molecule has 5 nitrogen and oxygen atoms in total. The van der Waals surface area contributed by atoms with Crippen molar-refractivity contribution >= 4 is 0 Å². The molecular weight excluding hydrogens is 302 g/mol. The molecule has 2 heterocycles. The summed E-state index contributed by atoms with van der Waals surface area (Å²) in [7, 11) is 0. The maximum Gasteiger partial charge on any atom is 0.243 e. The van der Waals surface area contributed by atoms with Crippen molar-refractivity contribution in [2.75, 3.05) is 0 Å². The van der Waals surface area contributed by atoms with E-state index < -0.39 is 0 Å². The summed E-state index contributed by atoms with van der Waals surface area (Å²) in [4.78, 5) is 4.63. The zero-order valence-electron chi connectivity index (χ0n) is 14.6. The van der Waals surface area contributed by atoms with E-state index in [9.17, 15) is 0 Å². The predicted octanol–water partition coefficient (Wildman–Crippen LogP) is 4.68. The standard InChI is InChI=1S/C19H27N3O2/c1-12-10-16(12)17-9-8-15(23-17)11-20-13(2)19-21-18(22-24-19)14-6-4-3-5-7-14/h8-9,12-14,16,20H,3-7,10-11H2,1-2H3. The summed E-state index contributed by atoms with van der Waals surface area (Å²) in [5.41, 5.74) is 0. The first kappa shape index (κ1) is 15.9. The summed E-state index contributed by atoms with van der Waals surface area (Å²) in [5, 5.41) is 7.64. The summed E-state index contributed by atoms with van der Waals surface area (Å²) >= 11 is 0. The maximum absolute atomic E-state index is 5.94. The van der Waals surface area contributed by atoms with E-state index in [1.807, 2.05) is 0 Å². The molecule has 5 heteroatoms. The molecule has 3 unspecified atom stereocenters. The van der Waals surface area contributed by atoms with Gasteiger partial charge in [0.25, 0.3) is 0 Å². The summed E-state index contributed by atoms with van der Waals surface area (Å²) in [5.74, 6) is 5.56. The van der Waals surface area contributed by atoms with Gasteiger partial charge in [0.1, 0.15) is 11.5 Å². The van der Waals surface area contributed by atoms with Crippen molar-refractivity contribution in [2.24, 2.45) is 5.92 Å². The van der Waals surface area contributed by atoms with Gasteiger partial charge in [0.05, 0.1) is 12.6 Å². The highest BCUT2D eigenvalue weighted by Gasteiger charge is 2.36. The summed E-state index contributed by atoms with van der Waals surface area (Å²) in [6.45, 7) is 5.01. The van der Waals surface area contributed by atoms with Crippen molar-refractivity contribution in [1.29, 1.82) is 0 Å². The van der Waals surface area contributed by atoms with E-state index in [1.165, 1.54) is 38.5 Å². The van der Waals surface area contributed by atoms with Gasteiger partial charge < -0.3 is 8.94 Å². The maximum atomic E-state index is 5.94. The van der Waals surface area contributed by atoms with Crippen LogP contribution in [0.1, 0.15) is 93.5 Å². The van der Waals surface area contributed by atoms with Gasteiger partial charge in [-0.05, 0) is 44.2 Å². The molecule has 0 radical (unpaired) electrons. The molecule has 2 aliphatic carbocycles. The lowest BCUT2D eigenvalue weighted by molar-refractivity contribution is 0.324. The fraction of sp³-hybridized carbons (Fsp3) is 0.684. The molecule has 2 aromatic heterocycles. The fourth-order valence-corrected chi connectivity index (χ4v) is 3.70. The molecule has 0 aromatic carbocycles. The molecule has 0 bridgehead atoms. The van der Waals surface area contributed by atoms with E-state index in [0.717, 1.165) is 23.3 Å². The molecule has 0 aliphatic heterocycles. The van der Waals surface area contributed by atoms with Crippen LogP contribution in [0.4, 0.5) is 0 Å². The molecule has 0 spiro atoms. The smallest absolute Gasteiger partial charge is 0.243 e. The lowest BCUT2D eigenvalue weighted by Gasteiger charge is -2.17. The normalized spacial score (nSPS) is 25.8. The molecule has 2 aromatic rings. The molecule has 4 rings (SSSR count). The van der Waals surface area contributed by atoms with E-state index >= 15 is 0 Å². The second-order valence-electron chi connectivity index (χ2n) is 7.55. The third kappa shape index (κ3) is 3.41.